The van der Waals surface area contributed by atoms with Gasteiger partial charge in [-0.05, 0) is 16.8 Å². The average Bonchev–Trinajstić information content (AvgIpc) is 2.40. The summed E-state index contributed by atoms with van der Waals surface area (Å²) >= 11 is 0. The molecule has 0 atom stereocenters. The number of hydrogen-bond acceptors (Lipinski definition) is 4. The summed E-state index contributed by atoms with van der Waals surface area (Å²) in [5.74, 6) is -2.21. The molecule has 0 aliphatic heterocycles. The van der Waals surface area contributed by atoms with Crippen molar-refractivity contribution in [1.29, 1.82) is 0 Å². The number of carbonyl (C=O) groups is 2. The van der Waals surface area contributed by atoms with Crippen molar-refractivity contribution in [3.05, 3.63) is 42.0 Å². The summed E-state index contributed by atoms with van der Waals surface area (Å²) in [5.41, 5.74) is 0.524. The Morgan fingerprint density at radius 3 is 2.19 bits per heavy atom. The van der Waals surface area contributed by atoms with Gasteiger partial charge in [-0.15, -0.1) is 0 Å². The van der Waals surface area contributed by atoms with Gasteiger partial charge in [0.25, 0.3) is 0 Å². The van der Waals surface area contributed by atoms with Crippen LogP contribution in [0.5, 0.6) is 5.75 Å². The molecule has 0 saturated carbocycles. The maximum absolute atomic E-state index is 10.8. The van der Waals surface area contributed by atoms with Gasteiger partial charge in [-0.2, -0.15) is 0 Å². The van der Waals surface area contributed by atoms with Crippen LogP contribution in [0.2, 0.25) is 0 Å². The van der Waals surface area contributed by atoms with E-state index in [2.05, 4.69) is 0 Å². The molecule has 6 heteroatoms. The Morgan fingerprint density at radius 1 is 0.952 bits per heavy atom. The van der Waals surface area contributed by atoms with E-state index in [1.807, 2.05) is 24.3 Å². The van der Waals surface area contributed by atoms with Crippen molar-refractivity contribution in [3.63, 3.8) is 0 Å². The van der Waals surface area contributed by atoms with Crippen molar-refractivity contribution in [1.82, 2.24) is 4.90 Å². The van der Waals surface area contributed by atoms with Crippen molar-refractivity contribution in [3.8, 4) is 5.75 Å². The van der Waals surface area contributed by atoms with Crippen LogP contribution in [0, 0.1) is 0 Å². The molecule has 110 valence electrons. The summed E-state index contributed by atoms with van der Waals surface area (Å²) in [5, 5.41) is 29.4. The van der Waals surface area contributed by atoms with Crippen molar-refractivity contribution in [2.75, 3.05) is 13.1 Å². The van der Waals surface area contributed by atoms with Gasteiger partial charge >= 0.3 is 11.9 Å². The summed E-state index contributed by atoms with van der Waals surface area (Å²) in [7, 11) is 0. The number of aromatic hydroxyl groups is 1. The molecule has 0 heterocycles. The molecular formula is C15H15NO5. The number of carboxylic acid groups (broad SMARTS) is 2. The lowest BCUT2D eigenvalue weighted by molar-refractivity contribution is -0.142. The molecule has 21 heavy (non-hydrogen) atoms. The van der Waals surface area contributed by atoms with Gasteiger partial charge < -0.3 is 15.3 Å². The summed E-state index contributed by atoms with van der Waals surface area (Å²) < 4.78 is 0. The molecule has 0 fully saturated rings. The Hall–Kier alpha value is -2.60. The highest BCUT2D eigenvalue weighted by molar-refractivity contribution is 5.87. The monoisotopic (exact) mass is 289 g/mol. The van der Waals surface area contributed by atoms with E-state index in [0.29, 0.717) is 5.56 Å². The predicted octanol–water partition coefficient (Wildman–Crippen LogP) is 1.52. The molecule has 0 unspecified atom stereocenters. The van der Waals surface area contributed by atoms with Crippen molar-refractivity contribution < 1.29 is 24.9 Å². The highest BCUT2D eigenvalue weighted by Crippen LogP contribution is 2.28. The SMILES string of the molecule is O=C(O)CN(CC(=O)O)Cc1c(O)ccc2ccccc12. The van der Waals surface area contributed by atoms with Crippen LogP contribution in [0.15, 0.2) is 36.4 Å². The zero-order valence-corrected chi connectivity index (χ0v) is 11.2. The minimum absolute atomic E-state index is 0.0227. The maximum atomic E-state index is 10.8. The lowest BCUT2D eigenvalue weighted by atomic mass is 10.0. The first kappa shape index (κ1) is 14.8. The average molecular weight is 289 g/mol. The smallest absolute Gasteiger partial charge is 0.317 e. The molecule has 0 radical (unpaired) electrons. The Kier molecular flexibility index (Phi) is 4.39. The standard InChI is InChI=1S/C15H15NO5/c17-13-6-5-10-3-1-2-4-11(10)12(13)7-16(8-14(18)19)9-15(20)21/h1-6,17H,7-9H2,(H,18,19)(H,20,21). The van der Waals surface area contributed by atoms with Gasteiger partial charge in [0.2, 0.25) is 0 Å². The highest BCUT2D eigenvalue weighted by Gasteiger charge is 2.17. The summed E-state index contributed by atoms with van der Waals surface area (Å²) in [6.45, 7) is -0.768. The zero-order valence-electron chi connectivity index (χ0n) is 11.2. The second-order valence-corrected chi connectivity index (χ2v) is 4.72. The Morgan fingerprint density at radius 2 is 1.57 bits per heavy atom. The number of phenols is 1. The van der Waals surface area contributed by atoms with E-state index in [0.717, 1.165) is 10.8 Å². The first-order chi connectivity index (χ1) is 9.97. The molecule has 3 N–H and O–H groups in total. The first-order valence-corrected chi connectivity index (χ1v) is 6.33. The fraction of sp³-hybridized carbons (Fsp3) is 0.200. The lowest BCUT2D eigenvalue weighted by Crippen LogP contribution is -2.34. The van der Waals surface area contributed by atoms with Crippen molar-refractivity contribution >= 4 is 22.7 Å². The van der Waals surface area contributed by atoms with Gasteiger partial charge in [0, 0.05) is 12.1 Å². The molecule has 0 aromatic heterocycles. The fourth-order valence-corrected chi connectivity index (χ4v) is 2.26. The Balaban J connectivity index is 2.37. The van der Waals surface area contributed by atoms with Crippen LogP contribution in [-0.4, -0.2) is 45.2 Å². The Labute approximate surface area is 120 Å². The van der Waals surface area contributed by atoms with Crippen LogP contribution in [-0.2, 0) is 16.1 Å². The molecule has 6 nitrogen and oxygen atoms in total. The number of rotatable bonds is 6. The van der Waals surface area contributed by atoms with Gasteiger partial charge in [-0.25, -0.2) is 0 Å². The number of fused-ring (bicyclic) bond motifs is 1. The van der Waals surface area contributed by atoms with Crippen molar-refractivity contribution in [2.45, 2.75) is 6.54 Å². The molecule has 2 aromatic rings. The largest absolute Gasteiger partial charge is 0.508 e. The molecule has 0 amide bonds. The van der Waals surface area contributed by atoms with E-state index >= 15 is 0 Å². The summed E-state index contributed by atoms with van der Waals surface area (Å²) in [6.07, 6.45) is 0. The first-order valence-electron chi connectivity index (χ1n) is 6.33. The van der Waals surface area contributed by atoms with E-state index in [1.165, 1.54) is 11.0 Å². The number of carboxylic acids is 2. The van der Waals surface area contributed by atoms with Crippen LogP contribution in [0.25, 0.3) is 10.8 Å². The minimum Gasteiger partial charge on any atom is -0.508 e. The van der Waals surface area contributed by atoms with Crippen LogP contribution < -0.4 is 0 Å². The number of aliphatic carboxylic acids is 2. The van der Waals surface area contributed by atoms with E-state index in [9.17, 15) is 14.7 Å². The third-order valence-corrected chi connectivity index (χ3v) is 3.12. The van der Waals surface area contributed by atoms with Crippen LogP contribution in [0.4, 0.5) is 0 Å². The predicted molar refractivity (Wildman–Crippen MR) is 76.2 cm³/mol. The minimum atomic E-state index is -1.11. The molecule has 0 aliphatic rings. The molecule has 2 rings (SSSR count). The van der Waals surface area contributed by atoms with Gasteiger partial charge in [0.05, 0.1) is 13.1 Å². The topological polar surface area (TPSA) is 98.1 Å². The van der Waals surface area contributed by atoms with E-state index in [1.54, 1.807) is 6.07 Å². The van der Waals surface area contributed by atoms with E-state index in [4.69, 9.17) is 10.2 Å². The molecule has 0 aliphatic carbocycles. The summed E-state index contributed by atoms with van der Waals surface area (Å²) in [6, 6.07) is 10.6. The molecule has 0 spiro atoms. The van der Waals surface area contributed by atoms with Gasteiger partial charge in [0.1, 0.15) is 5.75 Å². The maximum Gasteiger partial charge on any atom is 0.317 e. The second-order valence-electron chi connectivity index (χ2n) is 4.72. The number of benzene rings is 2. The quantitative estimate of drug-likeness (QED) is 0.745. The third-order valence-electron chi connectivity index (χ3n) is 3.12. The summed E-state index contributed by atoms with van der Waals surface area (Å²) in [4.78, 5) is 22.9. The highest BCUT2D eigenvalue weighted by atomic mass is 16.4. The second kappa shape index (κ2) is 6.23. The van der Waals surface area contributed by atoms with E-state index < -0.39 is 25.0 Å². The van der Waals surface area contributed by atoms with Crippen LogP contribution in [0.1, 0.15) is 5.56 Å². The zero-order chi connectivity index (χ0) is 15.4. The molecular weight excluding hydrogens is 274 g/mol. The van der Waals surface area contributed by atoms with E-state index in [-0.39, 0.29) is 12.3 Å². The van der Waals surface area contributed by atoms with Crippen molar-refractivity contribution in [2.24, 2.45) is 0 Å². The van der Waals surface area contributed by atoms with Crippen LogP contribution >= 0.6 is 0 Å². The van der Waals surface area contributed by atoms with Gasteiger partial charge in [-0.1, -0.05) is 30.3 Å². The Bertz CT molecular complexity index is 667. The lowest BCUT2D eigenvalue weighted by Gasteiger charge is -2.19. The van der Waals surface area contributed by atoms with Gasteiger partial charge in [-0.3, -0.25) is 14.5 Å². The molecule has 0 saturated heterocycles. The number of phenolic OH excluding ortho intramolecular Hbond substituents is 1. The third kappa shape index (κ3) is 3.70. The molecule has 2 aromatic carbocycles. The van der Waals surface area contributed by atoms with Crippen LogP contribution in [0.3, 0.4) is 0 Å². The fourth-order valence-electron chi connectivity index (χ4n) is 2.26. The molecule has 0 bridgehead atoms. The van der Waals surface area contributed by atoms with Gasteiger partial charge in [0.15, 0.2) is 0 Å². The number of hydrogen-bond donors (Lipinski definition) is 3. The normalized spacial score (nSPS) is 10.9. The number of nitrogens with zero attached hydrogens (tertiary/aromatic N) is 1.